The molecule has 1 amide bonds. The van der Waals surface area contributed by atoms with Gasteiger partial charge in [0.15, 0.2) is 17.4 Å². The molecule has 1 heterocycles. The number of Topliss-reactive ketones (excluding diaryl/α,β-unsaturated/α-hetero) is 1. The maximum atomic E-state index is 13.0. The Labute approximate surface area is 134 Å². The molecule has 122 valence electrons. The van der Waals surface area contributed by atoms with E-state index >= 15 is 0 Å². The lowest BCUT2D eigenvalue weighted by molar-refractivity contribution is -0.121. The Hall–Kier alpha value is -1.53. The summed E-state index contributed by atoms with van der Waals surface area (Å²) in [5.41, 5.74) is 0.0843. The fraction of sp³-hybridized carbons (Fsp3) is 0.467. The number of halogens is 3. The second-order valence-electron chi connectivity index (χ2n) is 5.16. The second-order valence-corrected chi connectivity index (χ2v) is 5.16. The van der Waals surface area contributed by atoms with Crippen molar-refractivity contribution in [1.29, 1.82) is 0 Å². The van der Waals surface area contributed by atoms with Crippen molar-refractivity contribution in [3.8, 4) is 0 Å². The first-order chi connectivity index (χ1) is 10.1. The number of piperidine rings is 1. The summed E-state index contributed by atoms with van der Waals surface area (Å²) in [5, 5.41) is 6.04. The van der Waals surface area contributed by atoms with Crippen LogP contribution in [-0.2, 0) is 4.79 Å². The molecule has 22 heavy (non-hydrogen) atoms. The number of rotatable bonds is 5. The molecule has 1 saturated heterocycles. The van der Waals surface area contributed by atoms with E-state index in [0.717, 1.165) is 38.1 Å². The van der Waals surface area contributed by atoms with Crippen molar-refractivity contribution in [3.05, 3.63) is 35.4 Å². The molecule has 0 radical (unpaired) electrons. The molecule has 0 spiro atoms. The predicted octanol–water partition coefficient (Wildman–Crippen LogP) is 2.22. The molecule has 7 heteroatoms. The summed E-state index contributed by atoms with van der Waals surface area (Å²) in [6.45, 7) is 1.70. The van der Waals surface area contributed by atoms with Gasteiger partial charge in [0.1, 0.15) is 0 Å². The molecule has 0 unspecified atom stereocenters. The van der Waals surface area contributed by atoms with Crippen LogP contribution in [0, 0.1) is 11.6 Å². The van der Waals surface area contributed by atoms with Gasteiger partial charge in [0.25, 0.3) is 0 Å². The third-order valence-electron chi connectivity index (χ3n) is 3.48. The molecule has 4 nitrogen and oxygen atoms in total. The van der Waals surface area contributed by atoms with Crippen LogP contribution < -0.4 is 10.6 Å². The number of benzene rings is 1. The Morgan fingerprint density at radius 1 is 1.23 bits per heavy atom. The van der Waals surface area contributed by atoms with Gasteiger partial charge in [-0.2, -0.15) is 0 Å². The fourth-order valence-electron chi connectivity index (χ4n) is 2.32. The number of carbonyl (C=O) groups excluding carboxylic acids is 2. The van der Waals surface area contributed by atoms with Gasteiger partial charge in [-0.25, -0.2) is 8.78 Å². The molecule has 1 aliphatic heterocycles. The third-order valence-corrected chi connectivity index (χ3v) is 3.48. The van der Waals surface area contributed by atoms with Crippen LogP contribution in [0.15, 0.2) is 18.2 Å². The number of hydrogen-bond donors (Lipinski definition) is 2. The molecular formula is C15H19ClF2N2O2. The van der Waals surface area contributed by atoms with E-state index in [9.17, 15) is 18.4 Å². The first kappa shape index (κ1) is 18.5. The zero-order chi connectivity index (χ0) is 15.2. The normalized spacial score (nSPS) is 17.5. The average molecular weight is 333 g/mol. The van der Waals surface area contributed by atoms with Crippen LogP contribution in [0.3, 0.4) is 0 Å². The van der Waals surface area contributed by atoms with Crippen molar-refractivity contribution >= 4 is 24.1 Å². The summed E-state index contributed by atoms with van der Waals surface area (Å²) in [7, 11) is 0. The van der Waals surface area contributed by atoms with Crippen molar-refractivity contribution in [2.45, 2.75) is 31.7 Å². The van der Waals surface area contributed by atoms with E-state index in [1.807, 2.05) is 0 Å². The van der Waals surface area contributed by atoms with Gasteiger partial charge in [-0.3, -0.25) is 9.59 Å². The Bertz CT molecular complexity index is 534. The quantitative estimate of drug-likeness (QED) is 0.813. The molecule has 0 bridgehead atoms. The highest BCUT2D eigenvalue weighted by Gasteiger charge is 2.16. The van der Waals surface area contributed by atoms with Crippen LogP contribution in [0.4, 0.5) is 8.78 Å². The minimum Gasteiger partial charge on any atom is -0.352 e. The first-order valence-corrected chi connectivity index (χ1v) is 7.04. The minimum absolute atomic E-state index is 0. The summed E-state index contributed by atoms with van der Waals surface area (Å²) in [6.07, 6.45) is 1.97. The van der Waals surface area contributed by atoms with Gasteiger partial charge in [-0.1, -0.05) is 0 Å². The highest BCUT2D eigenvalue weighted by molar-refractivity contribution is 5.97. The van der Waals surface area contributed by atoms with Gasteiger partial charge in [-0.15, -0.1) is 12.4 Å². The molecule has 1 aromatic carbocycles. The number of carbonyl (C=O) groups is 2. The van der Waals surface area contributed by atoms with Crippen molar-refractivity contribution < 1.29 is 18.4 Å². The van der Waals surface area contributed by atoms with Crippen molar-refractivity contribution in [3.63, 3.8) is 0 Å². The molecule has 0 aromatic heterocycles. The van der Waals surface area contributed by atoms with E-state index in [1.165, 1.54) is 6.07 Å². The Balaban J connectivity index is 0.00000242. The Kier molecular flexibility index (Phi) is 7.41. The lowest BCUT2D eigenvalue weighted by Gasteiger charge is -2.23. The lowest BCUT2D eigenvalue weighted by atomic mass is 10.0. The van der Waals surface area contributed by atoms with Crippen LogP contribution in [0.1, 0.15) is 36.0 Å². The number of hydrogen-bond acceptors (Lipinski definition) is 3. The van der Waals surface area contributed by atoms with Crippen molar-refractivity contribution in [2.75, 3.05) is 13.1 Å². The number of nitrogens with one attached hydrogen (secondary N) is 2. The summed E-state index contributed by atoms with van der Waals surface area (Å²) >= 11 is 0. The van der Waals surface area contributed by atoms with Gasteiger partial charge in [-0.05, 0) is 37.6 Å². The number of amides is 1. The van der Waals surface area contributed by atoms with E-state index in [-0.39, 0.29) is 48.5 Å². The van der Waals surface area contributed by atoms with Gasteiger partial charge in [0.2, 0.25) is 5.91 Å². The average Bonchev–Trinajstić information content (AvgIpc) is 2.48. The zero-order valence-corrected chi connectivity index (χ0v) is 12.8. The van der Waals surface area contributed by atoms with Gasteiger partial charge < -0.3 is 10.6 Å². The van der Waals surface area contributed by atoms with Crippen molar-refractivity contribution in [2.24, 2.45) is 0 Å². The predicted molar refractivity (Wildman–Crippen MR) is 81.2 cm³/mol. The molecule has 2 rings (SSSR count). The molecule has 1 atom stereocenters. The molecule has 2 N–H and O–H groups in total. The topological polar surface area (TPSA) is 58.2 Å². The van der Waals surface area contributed by atoms with Crippen LogP contribution in [0.5, 0.6) is 0 Å². The SMILES string of the molecule is Cl.O=C(CCC(=O)c1ccc(F)c(F)c1)N[C@H]1CCCNC1. The van der Waals surface area contributed by atoms with E-state index < -0.39 is 11.6 Å². The van der Waals surface area contributed by atoms with Crippen molar-refractivity contribution in [1.82, 2.24) is 10.6 Å². The molecule has 0 aliphatic carbocycles. The monoisotopic (exact) mass is 332 g/mol. The highest BCUT2D eigenvalue weighted by Crippen LogP contribution is 2.11. The summed E-state index contributed by atoms with van der Waals surface area (Å²) in [4.78, 5) is 23.6. The minimum atomic E-state index is -1.06. The maximum Gasteiger partial charge on any atom is 0.220 e. The molecule has 0 saturated carbocycles. The fourth-order valence-corrected chi connectivity index (χ4v) is 2.32. The zero-order valence-electron chi connectivity index (χ0n) is 12.0. The largest absolute Gasteiger partial charge is 0.352 e. The number of ketones is 1. The van der Waals surface area contributed by atoms with Crippen LogP contribution in [0.25, 0.3) is 0 Å². The van der Waals surface area contributed by atoms with Gasteiger partial charge in [0, 0.05) is 31.0 Å². The first-order valence-electron chi connectivity index (χ1n) is 7.04. The van der Waals surface area contributed by atoms with Gasteiger partial charge in [0.05, 0.1) is 0 Å². The van der Waals surface area contributed by atoms with Crippen LogP contribution in [-0.4, -0.2) is 30.8 Å². The van der Waals surface area contributed by atoms with Crippen LogP contribution >= 0.6 is 12.4 Å². The molecule has 1 fully saturated rings. The molecular weight excluding hydrogens is 314 g/mol. The third kappa shape index (κ3) is 5.35. The molecule has 1 aliphatic rings. The smallest absolute Gasteiger partial charge is 0.220 e. The highest BCUT2D eigenvalue weighted by atomic mass is 35.5. The van der Waals surface area contributed by atoms with Crippen LogP contribution in [0.2, 0.25) is 0 Å². The summed E-state index contributed by atoms with van der Waals surface area (Å²) in [5.74, 6) is -2.61. The van der Waals surface area contributed by atoms with E-state index in [1.54, 1.807) is 0 Å². The summed E-state index contributed by atoms with van der Waals surface area (Å²) in [6, 6.07) is 3.10. The van der Waals surface area contributed by atoms with Gasteiger partial charge >= 0.3 is 0 Å². The van der Waals surface area contributed by atoms with E-state index in [2.05, 4.69) is 10.6 Å². The Morgan fingerprint density at radius 2 is 2.00 bits per heavy atom. The van der Waals surface area contributed by atoms with E-state index in [0.29, 0.717) is 0 Å². The van der Waals surface area contributed by atoms with E-state index in [4.69, 9.17) is 0 Å². The molecule has 1 aromatic rings. The lowest BCUT2D eigenvalue weighted by Crippen LogP contribution is -2.45. The Morgan fingerprint density at radius 3 is 2.64 bits per heavy atom. The maximum absolute atomic E-state index is 13.0. The standard InChI is InChI=1S/C15H18F2N2O2.ClH/c16-12-4-3-10(8-13(12)17)14(20)5-6-15(21)19-11-2-1-7-18-9-11;/h3-4,8,11,18H,1-2,5-7,9H2,(H,19,21);1H/t11-;/m0./s1. The second kappa shape index (κ2) is 8.80. The summed E-state index contributed by atoms with van der Waals surface area (Å²) < 4.78 is 25.8.